The van der Waals surface area contributed by atoms with Crippen molar-refractivity contribution in [3.05, 3.63) is 41.0 Å². The van der Waals surface area contributed by atoms with E-state index >= 15 is 0 Å². The van der Waals surface area contributed by atoms with Gasteiger partial charge in [-0.25, -0.2) is 17.5 Å². The van der Waals surface area contributed by atoms with E-state index in [1.807, 2.05) is 0 Å². The first-order valence-corrected chi connectivity index (χ1v) is 7.58. The maximum atomic E-state index is 13.8. The van der Waals surface area contributed by atoms with Gasteiger partial charge >= 0.3 is 0 Å². The number of nitrogens with one attached hydrogen (secondary N) is 1. The lowest BCUT2D eigenvalue weighted by atomic mass is 10.2. The molecule has 0 atom stereocenters. The quantitative estimate of drug-likeness (QED) is 0.914. The number of carbonyl (C=O) groups is 1. The Balaban J connectivity index is 2.33. The molecule has 1 N–H and O–H groups in total. The van der Waals surface area contributed by atoms with Gasteiger partial charge in [-0.2, -0.15) is 0 Å². The fourth-order valence-corrected chi connectivity index (χ4v) is 3.19. The molecule has 0 unspecified atom stereocenters. The Morgan fingerprint density at radius 3 is 2.55 bits per heavy atom. The van der Waals surface area contributed by atoms with Crippen molar-refractivity contribution in [1.82, 2.24) is 9.88 Å². The number of aromatic nitrogens is 1. The molecule has 0 aliphatic rings. The monoisotopic (exact) mass is 328 g/mol. The summed E-state index contributed by atoms with van der Waals surface area (Å²) in [6.07, 6.45) is 0. The fourth-order valence-electron chi connectivity index (χ4n) is 1.89. The number of hydrogen-bond acceptors (Lipinski definition) is 6. The SMILES string of the molecule is COc1ccc(C(=O)NS(=O)(=O)c2c(C)noc2C)c(F)c1. The van der Waals surface area contributed by atoms with Crippen molar-refractivity contribution in [2.45, 2.75) is 18.7 Å². The molecular formula is C13H13FN2O5S. The first-order chi connectivity index (χ1) is 10.3. The minimum Gasteiger partial charge on any atom is -0.497 e. The van der Waals surface area contributed by atoms with Crippen LogP contribution in [0, 0.1) is 19.7 Å². The van der Waals surface area contributed by atoms with Crippen LogP contribution < -0.4 is 9.46 Å². The highest BCUT2D eigenvalue weighted by molar-refractivity contribution is 7.90. The van der Waals surface area contributed by atoms with E-state index < -0.39 is 27.3 Å². The smallest absolute Gasteiger partial charge is 0.269 e. The van der Waals surface area contributed by atoms with Crippen molar-refractivity contribution in [3.63, 3.8) is 0 Å². The second-order valence-electron chi connectivity index (χ2n) is 4.43. The van der Waals surface area contributed by atoms with Gasteiger partial charge in [0.25, 0.3) is 15.9 Å². The first-order valence-electron chi connectivity index (χ1n) is 6.10. The molecule has 0 spiro atoms. The number of benzene rings is 1. The van der Waals surface area contributed by atoms with Crippen LogP contribution in [-0.4, -0.2) is 26.6 Å². The highest BCUT2D eigenvalue weighted by atomic mass is 32.2. The third-order valence-corrected chi connectivity index (χ3v) is 4.46. The van der Waals surface area contributed by atoms with Gasteiger partial charge < -0.3 is 9.26 Å². The largest absolute Gasteiger partial charge is 0.497 e. The maximum Gasteiger partial charge on any atom is 0.269 e. The molecule has 1 aromatic carbocycles. The van der Waals surface area contributed by atoms with E-state index in [-0.39, 0.29) is 22.1 Å². The normalized spacial score (nSPS) is 11.3. The van der Waals surface area contributed by atoms with Crippen molar-refractivity contribution in [3.8, 4) is 5.75 Å². The van der Waals surface area contributed by atoms with Crippen molar-refractivity contribution >= 4 is 15.9 Å². The van der Waals surface area contributed by atoms with Gasteiger partial charge in [0.1, 0.15) is 17.3 Å². The summed E-state index contributed by atoms with van der Waals surface area (Å²) >= 11 is 0. The third kappa shape index (κ3) is 2.93. The van der Waals surface area contributed by atoms with E-state index in [4.69, 9.17) is 9.26 Å². The van der Waals surface area contributed by atoms with Crippen LogP contribution in [0.3, 0.4) is 0 Å². The van der Waals surface area contributed by atoms with Crippen LogP contribution >= 0.6 is 0 Å². The molecule has 0 aliphatic carbocycles. The molecule has 1 heterocycles. The van der Waals surface area contributed by atoms with Gasteiger partial charge in [-0.3, -0.25) is 4.79 Å². The average Bonchev–Trinajstić information content (AvgIpc) is 2.77. The first kappa shape index (κ1) is 16.0. The third-order valence-electron chi connectivity index (χ3n) is 2.88. The summed E-state index contributed by atoms with van der Waals surface area (Å²) < 4.78 is 49.5. The van der Waals surface area contributed by atoms with Crippen LogP contribution in [0.15, 0.2) is 27.6 Å². The molecule has 1 aromatic heterocycles. The Bertz CT molecular complexity index is 809. The molecule has 118 valence electrons. The molecule has 7 nitrogen and oxygen atoms in total. The molecule has 1 amide bonds. The van der Waals surface area contributed by atoms with Gasteiger partial charge in [0.05, 0.1) is 12.7 Å². The average molecular weight is 328 g/mol. The second-order valence-corrected chi connectivity index (χ2v) is 6.05. The van der Waals surface area contributed by atoms with Crippen molar-refractivity contribution < 1.29 is 26.9 Å². The number of amides is 1. The Kier molecular flexibility index (Phi) is 4.18. The topological polar surface area (TPSA) is 98.5 Å². The van der Waals surface area contributed by atoms with Crippen LogP contribution in [0.2, 0.25) is 0 Å². The van der Waals surface area contributed by atoms with E-state index in [1.54, 1.807) is 4.72 Å². The van der Waals surface area contributed by atoms with Crippen LogP contribution in [-0.2, 0) is 10.0 Å². The molecule has 2 rings (SSSR count). The van der Waals surface area contributed by atoms with E-state index in [0.29, 0.717) is 0 Å². The van der Waals surface area contributed by atoms with Gasteiger partial charge in [-0.15, -0.1) is 0 Å². The number of ether oxygens (including phenoxy) is 1. The van der Waals surface area contributed by atoms with Gasteiger partial charge in [-0.05, 0) is 26.0 Å². The van der Waals surface area contributed by atoms with Crippen LogP contribution in [0.4, 0.5) is 4.39 Å². The highest BCUT2D eigenvalue weighted by Gasteiger charge is 2.27. The van der Waals surface area contributed by atoms with E-state index in [2.05, 4.69) is 5.16 Å². The summed E-state index contributed by atoms with van der Waals surface area (Å²) in [7, 11) is -2.87. The number of nitrogens with zero attached hydrogens (tertiary/aromatic N) is 1. The molecule has 9 heteroatoms. The number of rotatable bonds is 4. The number of sulfonamides is 1. The van der Waals surface area contributed by atoms with Crippen LogP contribution in [0.25, 0.3) is 0 Å². The summed E-state index contributed by atoms with van der Waals surface area (Å²) in [5.74, 6) is -1.75. The van der Waals surface area contributed by atoms with E-state index in [9.17, 15) is 17.6 Å². The van der Waals surface area contributed by atoms with E-state index in [0.717, 1.165) is 12.1 Å². The molecule has 2 aromatic rings. The fraction of sp³-hybridized carbons (Fsp3) is 0.231. The Morgan fingerprint density at radius 2 is 2.05 bits per heavy atom. The summed E-state index contributed by atoms with van der Waals surface area (Å²) in [6, 6.07) is 3.46. The molecule has 0 saturated heterocycles. The predicted octanol–water partition coefficient (Wildman–Crippen LogP) is 1.56. The standard InChI is InChI=1S/C13H13FN2O5S/c1-7-12(8(2)21-15-7)22(18,19)16-13(17)10-5-4-9(20-3)6-11(10)14/h4-6H,1-3H3,(H,16,17). The minimum atomic E-state index is -4.21. The Hall–Kier alpha value is -2.42. The van der Waals surface area contributed by atoms with Crippen LogP contribution in [0.5, 0.6) is 5.75 Å². The number of hydrogen-bond donors (Lipinski definition) is 1. The highest BCUT2D eigenvalue weighted by Crippen LogP contribution is 2.20. The van der Waals surface area contributed by atoms with Crippen molar-refractivity contribution in [2.75, 3.05) is 7.11 Å². The molecule has 0 radical (unpaired) electrons. The summed E-state index contributed by atoms with van der Waals surface area (Å²) in [5.41, 5.74) is -0.316. The number of methoxy groups -OCH3 is 1. The molecular weight excluding hydrogens is 315 g/mol. The molecule has 22 heavy (non-hydrogen) atoms. The lowest BCUT2D eigenvalue weighted by Gasteiger charge is -2.08. The Labute approximate surface area is 126 Å². The van der Waals surface area contributed by atoms with Gasteiger partial charge in [0.2, 0.25) is 0 Å². The Morgan fingerprint density at radius 1 is 1.36 bits per heavy atom. The number of carbonyl (C=O) groups excluding carboxylic acids is 1. The lowest BCUT2D eigenvalue weighted by molar-refractivity contribution is 0.0977. The summed E-state index contributed by atoms with van der Waals surface area (Å²) in [6.45, 7) is 2.82. The van der Waals surface area contributed by atoms with Crippen LogP contribution in [0.1, 0.15) is 21.8 Å². The number of halogens is 1. The number of aryl methyl sites for hydroxylation is 2. The lowest BCUT2D eigenvalue weighted by Crippen LogP contribution is -2.31. The minimum absolute atomic E-state index is 0.0352. The zero-order valence-corrected chi connectivity index (χ0v) is 12.8. The molecule has 0 saturated carbocycles. The van der Waals surface area contributed by atoms with Crippen molar-refractivity contribution in [2.24, 2.45) is 0 Å². The second kappa shape index (κ2) is 5.76. The molecule has 0 aliphatic heterocycles. The van der Waals surface area contributed by atoms with Gasteiger partial charge in [0, 0.05) is 6.07 Å². The molecule has 0 fully saturated rings. The molecule has 0 bridgehead atoms. The predicted molar refractivity (Wildman–Crippen MR) is 73.6 cm³/mol. The zero-order chi connectivity index (χ0) is 16.5. The summed E-state index contributed by atoms with van der Waals surface area (Å²) in [4.78, 5) is 11.7. The summed E-state index contributed by atoms with van der Waals surface area (Å²) in [5, 5.41) is 3.51. The maximum absolute atomic E-state index is 13.8. The van der Waals surface area contributed by atoms with Crippen molar-refractivity contribution in [1.29, 1.82) is 0 Å². The van der Waals surface area contributed by atoms with Gasteiger partial charge in [-0.1, -0.05) is 5.16 Å². The zero-order valence-electron chi connectivity index (χ0n) is 12.0. The van der Waals surface area contributed by atoms with E-state index in [1.165, 1.54) is 27.0 Å². The van der Waals surface area contributed by atoms with Gasteiger partial charge in [0.15, 0.2) is 10.7 Å².